The molecule has 1 amide bonds. The maximum Gasteiger partial charge on any atom is 0.258 e. The molecule has 4 nitrogen and oxygen atoms in total. The quantitative estimate of drug-likeness (QED) is 0.837. The number of rotatable bonds is 7. The molecule has 0 bridgehead atoms. The second kappa shape index (κ2) is 8.39. The molecule has 0 saturated carbocycles. The maximum absolute atomic E-state index is 12.2. The van der Waals surface area contributed by atoms with Gasteiger partial charge in [-0.05, 0) is 61.2 Å². The van der Waals surface area contributed by atoms with Crippen LogP contribution in [0.15, 0.2) is 42.5 Å². The summed E-state index contributed by atoms with van der Waals surface area (Å²) in [5.74, 6) is 1.40. The van der Waals surface area contributed by atoms with Crippen LogP contribution in [0, 0.1) is 13.8 Å². The number of ether oxygens (including phenoxy) is 2. The van der Waals surface area contributed by atoms with Gasteiger partial charge in [-0.25, -0.2) is 0 Å². The predicted octanol–water partition coefficient (Wildman–Crippen LogP) is 3.96. The van der Waals surface area contributed by atoms with E-state index in [2.05, 4.69) is 11.4 Å². The highest BCUT2D eigenvalue weighted by Crippen LogP contribution is 2.20. The molecule has 0 aliphatic rings. The Hall–Kier alpha value is -2.49. The Morgan fingerprint density at radius 1 is 1.04 bits per heavy atom. The molecule has 2 rings (SSSR count). The van der Waals surface area contributed by atoms with Crippen molar-refractivity contribution in [2.45, 2.75) is 33.2 Å². The van der Waals surface area contributed by atoms with Crippen molar-refractivity contribution >= 4 is 5.91 Å². The highest BCUT2D eigenvalue weighted by atomic mass is 16.5. The summed E-state index contributed by atoms with van der Waals surface area (Å²) >= 11 is 0. The molecule has 2 aromatic carbocycles. The fraction of sp³-hybridized carbons (Fsp3) is 0.350. The smallest absolute Gasteiger partial charge is 0.258 e. The van der Waals surface area contributed by atoms with Gasteiger partial charge in [0.15, 0.2) is 6.61 Å². The maximum atomic E-state index is 12.2. The summed E-state index contributed by atoms with van der Waals surface area (Å²) in [6.45, 7) is 6.07. The Morgan fingerprint density at radius 3 is 2.21 bits per heavy atom. The van der Waals surface area contributed by atoms with Crippen molar-refractivity contribution in [2.75, 3.05) is 13.7 Å². The topological polar surface area (TPSA) is 47.6 Å². The van der Waals surface area contributed by atoms with E-state index in [1.54, 1.807) is 7.11 Å². The van der Waals surface area contributed by atoms with E-state index in [1.165, 1.54) is 0 Å². The zero-order valence-corrected chi connectivity index (χ0v) is 14.8. The number of benzene rings is 2. The van der Waals surface area contributed by atoms with Gasteiger partial charge in [0.2, 0.25) is 0 Å². The molecule has 0 fully saturated rings. The Bertz CT molecular complexity index is 660. The van der Waals surface area contributed by atoms with Gasteiger partial charge in [-0.1, -0.05) is 25.1 Å². The molecule has 0 aliphatic heterocycles. The van der Waals surface area contributed by atoms with Crippen LogP contribution >= 0.6 is 0 Å². The van der Waals surface area contributed by atoms with E-state index in [-0.39, 0.29) is 18.6 Å². The zero-order chi connectivity index (χ0) is 17.5. The van der Waals surface area contributed by atoms with E-state index in [0.29, 0.717) is 0 Å². The van der Waals surface area contributed by atoms with Crippen molar-refractivity contribution in [2.24, 2.45) is 0 Å². The Balaban J connectivity index is 1.93. The number of methoxy groups -OCH3 is 1. The average molecular weight is 327 g/mol. The third-order valence-electron chi connectivity index (χ3n) is 3.83. The van der Waals surface area contributed by atoms with Gasteiger partial charge >= 0.3 is 0 Å². The molecule has 128 valence electrons. The largest absolute Gasteiger partial charge is 0.497 e. The first-order chi connectivity index (χ1) is 11.5. The van der Waals surface area contributed by atoms with Crippen LogP contribution in [-0.4, -0.2) is 19.6 Å². The molecule has 0 heterocycles. The van der Waals surface area contributed by atoms with Crippen LogP contribution in [0.5, 0.6) is 11.5 Å². The molecule has 1 atom stereocenters. The first-order valence-corrected chi connectivity index (χ1v) is 8.16. The van der Waals surface area contributed by atoms with E-state index in [4.69, 9.17) is 9.47 Å². The number of aryl methyl sites for hydroxylation is 2. The Kier molecular flexibility index (Phi) is 6.24. The number of hydrogen-bond donors (Lipinski definition) is 1. The predicted molar refractivity (Wildman–Crippen MR) is 95.6 cm³/mol. The van der Waals surface area contributed by atoms with Crippen molar-refractivity contribution in [3.05, 3.63) is 59.2 Å². The van der Waals surface area contributed by atoms with E-state index < -0.39 is 0 Å². The second-order valence-corrected chi connectivity index (χ2v) is 5.91. The van der Waals surface area contributed by atoms with E-state index >= 15 is 0 Å². The van der Waals surface area contributed by atoms with E-state index in [9.17, 15) is 4.79 Å². The summed E-state index contributed by atoms with van der Waals surface area (Å²) in [5, 5.41) is 3.02. The molecular weight excluding hydrogens is 302 g/mol. The van der Waals surface area contributed by atoms with Crippen molar-refractivity contribution < 1.29 is 14.3 Å². The highest BCUT2D eigenvalue weighted by Gasteiger charge is 2.13. The summed E-state index contributed by atoms with van der Waals surface area (Å²) in [7, 11) is 1.64. The van der Waals surface area contributed by atoms with Crippen LogP contribution in [0.1, 0.15) is 36.1 Å². The lowest BCUT2D eigenvalue weighted by molar-refractivity contribution is -0.123. The lowest BCUT2D eigenvalue weighted by atomic mass is 10.0. The van der Waals surface area contributed by atoms with Gasteiger partial charge in [0.25, 0.3) is 5.91 Å². The first-order valence-electron chi connectivity index (χ1n) is 8.16. The van der Waals surface area contributed by atoms with Gasteiger partial charge in [0.05, 0.1) is 13.2 Å². The molecule has 2 aromatic rings. The second-order valence-electron chi connectivity index (χ2n) is 5.91. The number of nitrogens with one attached hydrogen (secondary N) is 1. The lowest BCUT2D eigenvalue weighted by Gasteiger charge is -2.18. The van der Waals surface area contributed by atoms with Crippen LogP contribution in [0.4, 0.5) is 0 Å². The highest BCUT2D eigenvalue weighted by molar-refractivity contribution is 5.78. The van der Waals surface area contributed by atoms with Crippen LogP contribution < -0.4 is 14.8 Å². The molecule has 0 spiro atoms. The molecule has 24 heavy (non-hydrogen) atoms. The van der Waals surface area contributed by atoms with Gasteiger partial charge in [-0.3, -0.25) is 4.79 Å². The summed E-state index contributed by atoms with van der Waals surface area (Å²) in [4.78, 5) is 12.2. The van der Waals surface area contributed by atoms with Crippen molar-refractivity contribution in [3.8, 4) is 11.5 Å². The van der Waals surface area contributed by atoms with Crippen LogP contribution in [-0.2, 0) is 4.79 Å². The van der Waals surface area contributed by atoms with Crippen molar-refractivity contribution in [3.63, 3.8) is 0 Å². The minimum absolute atomic E-state index is 0.00947. The molecule has 0 aliphatic carbocycles. The lowest BCUT2D eigenvalue weighted by Crippen LogP contribution is -2.32. The van der Waals surface area contributed by atoms with Crippen LogP contribution in [0.2, 0.25) is 0 Å². The number of carbonyl (C=O) groups excluding carboxylic acids is 1. The zero-order valence-electron chi connectivity index (χ0n) is 14.8. The minimum Gasteiger partial charge on any atom is -0.497 e. The molecule has 4 heteroatoms. The summed E-state index contributed by atoms with van der Waals surface area (Å²) in [5.41, 5.74) is 3.29. The van der Waals surface area contributed by atoms with Gasteiger partial charge in [-0.15, -0.1) is 0 Å². The van der Waals surface area contributed by atoms with E-state index in [1.807, 2.05) is 57.2 Å². The third kappa shape index (κ3) is 5.01. The third-order valence-corrected chi connectivity index (χ3v) is 3.83. The monoisotopic (exact) mass is 327 g/mol. The van der Waals surface area contributed by atoms with Gasteiger partial charge in [0, 0.05) is 0 Å². The number of amides is 1. The van der Waals surface area contributed by atoms with Crippen LogP contribution in [0.3, 0.4) is 0 Å². The van der Waals surface area contributed by atoms with Gasteiger partial charge < -0.3 is 14.8 Å². The summed E-state index contributed by atoms with van der Waals surface area (Å²) in [6.07, 6.45) is 0.807. The van der Waals surface area contributed by atoms with E-state index in [0.717, 1.165) is 34.6 Å². The molecule has 0 radical (unpaired) electrons. The molecule has 0 aromatic heterocycles. The summed E-state index contributed by atoms with van der Waals surface area (Å²) in [6, 6.07) is 13.6. The van der Waals surface area contributed by atoms with Gasteiger partial charge in [0.1, 0.15) is 11.5 Å². The van der Waals surface area contributed by atoms with Crippen molar-refractivity contribution in [1.29, 1.82) is 0 Å². The van der Waals surface area contributed by atoms with Crippen molar-refractivity contribution in [1.82, 2.24) is 5.32 Å². The minimum atomic E-state index is -0.128. The fourth-order valence-electron chi connectivity index (χ4n) is 2.66. The van der Waals surface area contributed by atoms with Crippen LogP contribution in [0.25, 0.3) is 0 Å². The molecule has 1 N–H and O–H groups in total. The Labute approximate surface area is 143 Å². The molecular formula is C20H25NO3. The SMILES string of the molecule is CC[C@@H](NC(=O)COc1cc(C)cc(C)c1)c1ccc(OC)cc1. The normalized spacial score (nSPS) is 11.7. The molecule has 0 unspecified atom stereocenters. The Morgan fingerprint density at radius 2 is 1.67 bits per heavy atom. The van der Waals surface area contributed by atoms with Gasteiger partial charge in [-0.2, -0.15) is 0 Å². The fourth-order valence-corrected chi connectivity index (χ4v) is 2.66. The molecule has 0 saturated heterocycles. The number of hydrogen-bond acceptors (Lipinski definition) is 3. The number of carbonyl (C=O) groups is 1. The first kappa shape index (κ1) is 17.9. The standard InChI is InChI=1S/C20H25NO3/c1-5-19(16-6-8-17(23-4)9-7-16)21-20(22)13-24-18-11-14(2)10-15(3)12-18/h6-12,19H,5,13H2,1-4H3,(H,21,22)/t19-/m1/s1. The average Bonchev–Trinajstić information content (AvgIpc) is 2.57. The summed E-state index contributed by atoms with van der Waals surface area (Å²) < 4.78 is 10.8.